The fraction of sp³-hybridized carbons (Fsp3) is 0.727. The zero-order chi connectivity index (χ0) is 12.3. The molecule has 1 heterocycles. The van der Waals surface area contributed by atoms with Gasteiger partial charge < -0.3 is 10.1 Å². The molecular weight excluding hydrogens is 240 g/mol. The molecule has 0 amide bonds. The van der Waals surface area contributed by atoms with Gasteiger partial charge in [-0.05, 0) is 37.3 Å². The first-order valence-corrected chi connectivity index (χ1v) is 6.41. The second-order valence-electron chi connectivity index (χ2n) is 4.18. The van der Waals surface area contributed by atoms with Crippen molar-refractivity contribution in [3.05, 3.63) is 5.28 Å². The molecule has 5 nitrogen and oxygen atoms in total. The van der Waals surface area contributed by atoms with Crippen LogP contribution in [0.15, 0.2) is 0 Å². The van der Waals surface area contributed by atoms with Crippen molar-refractivity contribution in [1.82, 2.24) is 15.0 Å². The van der Waals surface area contributed by atoms with Crippen LogP contribution in [0.25, 0.3) is 0 Å². The van der Waals surface area contributed by atoms with Crippen LogP contribution in [0.5, 0.6) is 6.01 Å². The van der Waals surface area contributed by atoms with Crippen molar-refractivity contribution < 1.29 is 4.74 Å². The van der Waals surface area contributed by atoms with Crippen LogP contribution in [0.4, 0.5) is 5.95 Å². The van der Waals surface area contributed by atoms with E-state index in [1.165, 1.54) is 19.3 Å². The third-order valence-corrected chi connectivity index (χ3v) is 2.93. The zero-order valence-electron chi connectivity index (χ0n) is 10.1. The van der Waals surface area contributed by atoms with Crippen LogP contribution in [0, 0.1) is 5.92 Å². The molecule has 0 aliphatic heterocycles. The first-order chi connectivity index (χ1) is 8.22. The molecule has 1 aromatic heterocycles. The van der Waals surface area contributed by atoms with Crippen molar-refractivity contribution in [3.8, 4) is 6.01 Å². The van der Waals surface area contributed by atoms with Crippen LogP contribution >= 0.6 is 11.6 Å². The lowest BCUT2D eigenvalue weighted by atomic mass is 10.2. The third-order valence-electron chi connectivity index (χ3n) is 2.76. The summed E-state index contributed by atoms with van der Waals surface area (Å²) >= 11 is 5.80. The molecule has 0 spiro atoms. The standard InChI is InChI=1S/C11H17ClN4O/c1-3-5-7-6-8(7)13-10-14-9(12)15-11(16-10)17-4-2/h7-8H,3-6H2,1-2H3,(H,13,14,15,16). The lowest BCUT2D eigenvalue weighted by Crippen LogP contribution is -2.10. The highest BCUT2D eigenvalue weighted by atomic mass is 35.5. The monoisotopic (exact) mass is 256 g/mol. The van der Waals surface area contributed by atoms with Gasteiger partial charge in [-0.1, -0.05) is 13.3 Å². The van der Waals surface area contributed by atoms with Crippen molar-refractivity contribution >= 4 is 17.5 Å². The van der Waals surface area contributed by atoms with Gasteiger partial charge in [0, 0.05) is 6.04 Å². The second-order valence-corrected chi connectivity index (χ2v) is 4.52. The zero-order valence-corrected chi connectivity index (χ0v) is 10.9. The van der Waals surface area contributed by atoms with Gasteiger partial charge in [0.2, 0.25) is 11.2 Å². The number of aromatic nitrogens is 3. The number of anilines is 1. The molecule has 1 saturated carbocycles. The maximum atomic E-state index is 5.80. The summed E-state index contributed by atoms with van der Waals surface area (Å²) in [5.41, 5.74) is 0. The smallest absolute Gasteiger partial charge is 0.322 e. The third kappa shape index (κ3) is 3.43. The molecule has 17 heavy (non-hydrogen) atoms. The van der Waals surface area contributed by atoms with Gasteiger partial charge in [-0.25, -0.2) is 0 Å². The predicted octanol–water partition coefficient (Wildman–Crippen LogP) is 2.52. The van der Waals surface area contributed by atoms with Gasteiger partial charge in [-0.3, -0.25) is 0 Å². The highest BCUT2D eigenvalue weighted by Gasteiger charge is 2.36. The number of ether oxygens (including phenoxy) is 1. The van der Waals surface area contributed by atoms with Gasteiger partial charge in [0.1, 0.15) is 0 Å². The summed E-state index contributed by atoms with van der Waals surface area (Å²) in [6.45, 7) is 4.59. The fourth-order valence-electron chi connectivity index (χ4n) is 1.87. The van der Waals surface area contributed by atoms with Gasteiger partial charge in [0.15, 0.2) is 0 Å². The van der Waals surface area contributed by atoms with Crippen molar-refractivity contribution in [1.29, 1.82) is 0 Å². The molecular formula is C11H17ClN4O. The molecule has 1 N–H and O–H groups in total. The van der Waals surface area contributed by atoms with E-state index in [1.807, 2.05) is 6.92 Å². The molecule has 1 aromatic rings. The van der Waals surface area contributed by atoms with Crippen molar-refractivity contribution in [2.45, 2.75) is 39.2 Å². The van der Waals surface area contributed by atoms with E-state index in [-0.39, 0.29) is 11.3 Å². The van der Waals surface area contributed by atoms with E-state index in [2.05, 4.69) is 27.2 Å². The lowest BCUT2D eigenvalue weighted by molar-refractivity contribution is 0.312. The number of hydrogen-bond donors (Lipinski definition) is 1. The Kier molecular flexibility index (Phi) is 3.99. The minimum Gasteiger partial charge on any atom is -0.464 e. The normalized spacial score (nSPS) is 22.3. The summed E-state index contributed by atoms with van der Waals surface area (Å²) in [5.74, 6) is 1.25. The quantitative estimate of drug-likeness (QED) is 0.848. The van der Waals surface area contributed by atoms with Gasteiger partial charge in [-0.15, -0.1) is 0 Å². The van der Waals surface area contributed by atoms with Crippen LogP contribution in [0.1, 0.15) is 33.1 Å². The maximum absolute atomic E-state index is 5.80. The van der Waals surface area contributed by atoms with E-state index in [4.69, 9.17) is 16.3 Å². The Morgan fingerprint density at radius 1 is 1.35 bits per heavy atom. The van der Waals surface area contributed by atoms with Gasteiger partial charge >= 0.3 is 6.01 Å². The topological polar surface area (TPSA) is 59.9 Å². The first-order valence-electron chi connectivity index (χ1n) is 6.03. The van der Waals surface area contributed by atoms with E-state index in [0.717, 1.165) is 5.92 Å². The molecule has 2 rings (SSSR count). The van der Waals surface area contributed by atoms with Gasteiger partial charge in [-0.2, -0.15) is 15.0 Å². The van der Waals surface area contributed by atoms with E-state index in [9.17, 15) is 0 Å². The van der Waals surface area contributed by atoms with Crippen molar-refractivity contribution in [2.24, 2.45) is 5.92 Å². The first kappa shape index (κ1) is 12.4. The Balaban J connectivity index is 1.96. The number of hydrogen-bond acceptors (Lipinski definition) is 5. The van der Waals surface area contributed by atoms with Crippen LogP contribution < -0.4 is 10.1 Å². The number of halogens is 1. The van der Waals surface area contributed by atoms with Gasteiger partial charge in [0.05, 0.1) is 6.61 Å². The van der Waals surface area contributed by atoms with Crippen LogP contribution in [-0.4, -0.2) is 27.6 Å². The minimum absolute atomic E-state index is 0.165. The molecule has 1 aliphatic rings. The van der Waals surface area contributed by atoms with Crippen LogP contribution in [0.3, 0.4) is 0 Å². The fourth-order valence-corrected chi connectivity index (χ4v) is 2.02. The maximum Gasteiger partial charge on any atom is 0.322 e. The summed E-state index contributed by atoms with van der Waals surface area (Å²) in [6.07, 6.45) is 3.64. The number of nitrogens with one attached hydrogen (secondary N) is 1. The van der Waals surface area contributed by atoms with E-state index < -0.39 is 0 Å². The molecule has 2 atom stereocenters. The molecule has 0 radical (unpaired) electrons. The Bertz CT molecular complexity index is 388. The molecule has 94 valence electrons. The second kappa shape index (κ2) is 5.49. The highest BCUT2D eigenvalue weighted by molar-refractivity contribution is 6.28. The van der Waals surface area contributed by atoms with E-state index in [0.29, 0.717) is 18.6 Å². The van der Waals surface area contributed by atoms with Crippen molar-refractivity contribution in [2.75, 3.05) is 11.9 Å². The summed E-state index contributed by atoms with van der Waals surface area (Å²) in [4.78, 5) is 12.1. The molecule has 0 bridgehead atoms. The molecule has 6 heteroatoms. The van der Waals surface area contributed by atoms with Crippen LogP contribution in [0.2, 0.25) is 5.28 Å². The Morgan fingerprint density at radius 3 is 2.88 bits per heavy atom. The lowest BCUT2D eigenvalue weighted by Gasteiger charge is -2.06. The van der Waals surface area contributed by atoms with Gasteiger partial charge in [0.25, 0.3) is 0 Å². The Morgan fingerprint density at radius 2 is 2.18 bits per heavy atom. The SMILES string of the molecule is CCCC1CC1Nc1nc(Cl)nc(OCC)n1. The highest BCUT2D eigenvalue weighted by Crippen LogP contribution is 2.36. The molecule has 2 unspecified atom stereocenters. The van der Waals surface area contributed by atoms with Crippen molar-refractivity contribution in [3.63, 3.8) is 0 Å². The number of rotatable bonds is 6. The predicted molar refractivity (Wildman–Crippen MR) is 66.4 cm³/mol. The largest absolute Gasteiger partial charge is 0.464 e. The molecule has 1 fully saturated rings. The minimum atomic E-state index is 0.165. The number of nitrogens with zero attached hydrogens (tertiary/aromatic N) is 3. The average Bonchev–Trinajstić information content (AvgIpc) is 2.96. The molecule has 0 aromatic carbocycles. The molecule has 0 saturated heterocycles. The summed E-state index contributed by atoms with van der Waals surface area (Å²) in [5, 5.41) is 3.43. The summed E-state index contributed by atoms with van der Waals surface area (Å²) in [7, 11) is 0. The summed E-state index contributed by atoms with van der Waals surface area (Å²) < 4.78 is 5.22. The van der Waals surface area contributed by atoms with E-state index >= 15 is 0 Å². The van der Waals surface area contributed by atoms with E-state index in [1.54, 1.807) is 0 Å². The Labute approximate surface area is 106 Å². The van der Waals surface area contributed by atoms with Crippen LogP contribution in [-0.2, 0) is 0 Å². The Hall–Kier alpha value is -1.10. The molecule has 1 aliphatic carbocycles. The average molecular weight is 257 g/mol. The summed E-state index contributed by atoms with van der Waals surface area (Å²) in [6, 6.07) is 0.755.